The number of aliphatic imine (C=N–C) groups is 1. The molecule has 2 aromatic heterocycles. The van der Waals surface area contributed by atoms with Crippen molar-refractivity contribution in [3.63, 3.8) is 0 Å². The summed E-state index contributed by atoms with van der Waals surface area (Å²) in [6.45, 7) is 10.9. The number of guanidine groups is 1. The Labute approximate surface area is 196 Å². The quantitative estimate of drug-likeness (QED) is 0.265. The smallest absolute Gasteiger partial charge is 0.192 e. The van der Waals surface area contributed by atoms with Crippen molar-refractivity contribution in [2.75, 3.05) is 6.54 Å². The zero-order chi connectivity index (χ0) is 20.6. The van der Waals surface area contributed by atoms with Crippen LogP contribution in [0.3, 0.4) is 0 Å². The fourth-order valence-electron chi connectivity index (χ4n) is 3.17. The van der Waals surface area contributed by atoms with Gasteiger partial charge in [-0.15, -0.1) is 24.0 Å². The molecule has 8 heteroatoms. The number of imidazole rings is 1. The maximum atomic E-state index is 4.76. The van der Waals surface area contributed by atoms with Gasteiger partial charge in [0.05, 0.1) is 11.7 Å². The van der Waals surface area contributed by atoms with E-state index in [9.17, 15) is 0 Å². The first kappa shape index (κ1) is 23.9. The Morgan fingerprint density at radius 1 is 1.13 bits per heavy atom. The van der Waals surface area contributed by atoms with Crippen LogP contribution in [0, 0.1) is 5.92 Å². The molecule has 162 valence electrons. The Balaban J connectivity index is 0.00000320. The number of nitrogens with zero attached hydrogens (tertiary/aromatic N) is 5. The number of hydrogen-bond acceptors (Lipinski definition) is 3. The average Bonchev–Trinajstić information content (AvgIpc) is 3.38. The maximum absolute atomic E-state index is 4.76. The standard InChI is InChI=1S/C22H31N7.HI/c1-5-23-22(25-15-21-24-11-13-28(21)16-17(2)3)27-18(4)19-8-6-9-20(14-19)29-12-7-10-26-29;/h6-14,17-18H,5,15-16H2,1-4H3,(H2,23,25,27);1H. The highest BCUT2D eigenvalue weighted by Gasteiger charge is 2.10. The van der Waals surface area contributed by atoms with Crippen LogP contribution in [0.5, 0.6) is 0 Å². The van der Waals surface area contributed by atoms with Crippen molar-refractivity contribution >= 4 is 29.9 Å². The second-order valence-electron chi connectivity index (χ2n) is 7.50. The summed E-state index contributed by atoms with van der Waals surface area (Å²) in [5.41, 5.74) is 2.21. The van der Waals surface area contributed by atoms with Crippen LogP contribution in [0.25, 0.3) is 5.69 Å². The Morgan fingerprint density at radius 3 is 2.67 bits per heavy atom. The molecule has 7 nitrogen and oxygen atoms in total. The van der Waals surface area contributed by atoms with Crippen LogP contribution in [0.2, 0.25) is 0 Å². The highest BCUT2D eigenvalue weighted by Crippen LogP contribution is 2.16. The van der Waals surface area contributed by atoms with E-state index in [1.165, 1.54) is 5.56 Å². The largest absolute Gasteiger partial charge is 0.357 e. The molecule has 2 heterocycles. The summed E-state index contributed by atoms with van der Waals surface area (Å²) < 4.78 is 4.04. The summed E-state index contributed by atoms with van der Waals surface area (Å²) in [7, 11) is 0. The van der Waals surface area contributed by atoms with Gasteiger partial charge < -0.3 is 15.2 Å². The van der Waals surface area contributed by atoms with Crippen molar-refractivity contribution in [2.24, 2.45) is 10.9 Å². The number of aromatic nitrogens is 4. The summed E-state index contributed by atoms with van der Waals surface area (Å²) in [6, 6.07) is 10.4. The lowest BCUT2D eigenvalue weighted by molar-refractivity contribution is 0.507. The molecule has 0 aliphatic heterocycles. The molecule has 0 fully saturated rings. The summed E-state index contributed by atoms with van der Waals surface area (Å²) in [6.07, 6.45) is 7.60. The molecule has 0 amide bonds. The predicted molar refractivity (Wildman–Crippen MR) is 132 cm³/mol. The fourth-order valence-corrected chi connectivity index (χ4v) is 3.17. The SMILES string of the molecule is CCNC(=NCc1nccn1CC(C)C)NC(C)c1cccc(-n2cccn2)c1.I. The molecule has 0 saturated carbocycles. The molecule has 3 aromatic rings. The Hall–Kier alpha value is -2.36. The van der Waals surface area contributed by atoms with E-state index in [1.807, 2.05) is 29.3 Å². The topological polar surface area (TPSA) is 72.1 Å². The third-order valence-electron chi connectivity index (χ3n) is 4.58. The van der Waals surface area contributed by atoms with Gasteiger partial charge in [-0.3, -0.25) is 0 Å². The lowest BCUT2D eigenvalue weighted by atomic mass is 10.1. The van der Waals surface area contributed by atoms with Gasteiger partial charge >= 0.3 is 0 Å². The van der Waals surface area contributed by atoms with Gasteiger partial charge in [-0.2, -0.15) is 5.10 Å². The molecule has 1 unspecified atom stereocenters. The minimum Gasteiger partial charge on any atom is -0.357 e. The van der Waals surface area contributed by atoms with Crippen molar-refractivity contribution in [2.45, 2.75) is 46.8 Å². The molecule has 1 aromatic carbocycles. The molecule has 1 atom stereocenters. The van der Waals surface area contributed by atoms with Crippen molar-refractivity contribution in [1.82, 2.24) is 30.0 Å². The number of rotatable bonds is 8. The Kier molecular flexibility index (Phi) is 9.35. The van der Waals surface area contributed by atoms with Gasteiger partial charge in [0.25, 0.3) is 0 Å². The van der Waals surface area contributed by atoms with Gasteiger partial charge in [-0.25, -0.2) is 14.7 Å². The number of halogens is 1. The third kappa shape index (κ3) is 6.58. The van der Waals surface area contributed by atoms with E-state index in [-0.39, 0.29) is 30.0 Å². The monoisotopic (exact) mass is 521 g/mol. The first-order chi connectivity index (χ1) is 14.1. The normalized spacial score (nSPS) is 12.5. The summed E-state index contributed by atoms with van der Waals surface area (Å²) in [5.74, 6) is 2.33. The summed E-state index contributed by atoms with van der Waals surface area (Å²) in [5, 5.41) is 11.1. The average molecular weight is 521 g/mol. The van der Waals surface area contributed by atoms with E-state index in [1.54, 1.807) is 6.20 Å². The Bertz CT molecular complexity index is 915. The van der Waals surface area contributed by atoms with Crippen LogP contribution in [-0.2, 0) is 13.1 Å². The van der Waals surface area contributed by atoms with E-state index in [0.717, 1.165) is 30.6 Å². The van der Waals surface area contributed by atoms with Crippen LogP contribution in [0.1, 0.15) is 45.1 Å². The predicted octanol–water partition coefficient (Wildman–Crippen LogP) is 4.16. The fraction of sp³-hybridized carbons (Fsp3) is 0.409. The van der Waals surface area contributed by atoms with Crippen molar-refractivity contribution < 1.29 is 0 Å². The van der Waals surface area contributed by atoms with Crippen LogP contribution in [0.4, 0.5) is 0 Å². The minimum atomic E-state index is 0. The second-order valence-corrected chi connectivity index (χ2v) is 7.50. The minimum absolute atomic E-state index is 0. The second kappa shape index (κ2) is 11.7. The van der Waals surface area contributed by atoms with Gasteiger partial charge in [-0.1, -0.05) is 26.0 Å². The molecular weight excluding hydrogens is 489 g/mol. The van der Waals surface area contributed by atoms with Crippen LogP contribution >= 0.6 is 24.0 Å². The van der Waals surface area contributed by atoms with Crippen LogP contribution < -0.4 is 10.6 Å². The van der Waals surface area contributed by atoms with Gasteiger partial charge in [0.2, 0.25) is 0 Å². The van der Waals surface area contributed by atoms with Crippen molar-refractivity contribution in [1.29, 1.82) is 0 Å². The van der Waals surface area contributed by atoms with Gasteiger partial charge in [-0.05, 0) is 43.5 Å². The summed E-state index contributed by atoms with van der Waals surface area (Å²) >= 11 is 0. The molecule has 30 heavy (non-hydrogen) atoms. The molecule has 0 aliphatic rings. The van der Waals surface area contributed by atoms with E-state index in [0.29, 0.717) is 12.5 Å². The van der Waals surface area contributed by atoms with Gasteiger partial charge in [0.1, 0.15) is 12.4 Å². The molecule has 0 aliphatic carbocycles. The number of hydrogen-bond donors (Lipinski definition) is 2. The van der Waals surface area contributed by atoms with E-state index < -0.39 is 0 Å². The number of nitrogens with one attached hydrogen (secondary N) is 2. The maximum Gasteiger partial charge on any atom is 0.192 e. The van der Waals surface area contributed by atoms with Crippen molar-refractivity contribution in [3.05, 3.63) is 66.5 Å². The third-order valence-corrected chi connectivity index (χ3v) is 4.58. The lowest BCUT2D eigenvalue weighted by Gasteiger charge is -2.19. The van der Waals surface area contributed by atoms with Crippen LogP contribution in [-0.4, -0.2) is 31.8 Å². The van der Waals surface area contributed by atoms with E-state index in [2.05, 4.69) is 77.2 Å². The molecule has 3 rings (SSSR count). The van der Waals surface area contributed by atoms with Crippen LogP contribution in [0.15, 0.2) is 60.1 Å². The molecule has 0 radical (unpaired) electrons. The van der Waals surface area contributed by atoms with Gasteiger partial charge in [0, 0.05) is 37.9 Å². The molecular formula is C22H32IN7. The molecule has 0 bridgehead atoms. The summed E-state index contributed by atoms with van der Waals surface area (Å²) in [4.78, 5) is 9.22. The van der Waals surface area contributed by atoms with E-state index >= 15 is 0 Å². The lowest BCUT2D eigenvalue weighted by Crippen LogP contribution is -2.38. The molecule has 0 saturated heterocycles. The highest BCUT2D eigenvalue weighted by atomic mass is 127. The zero-order valence-corrected chi connectivity index (χ0v) is 20.4. The van der Waals surface area contributed by atoms with E-state index in [4.69, 9.17) is 4.99 Å². The molecule has 2 N–H and O–H groups in total. The Morgan fingerprint density at radius 2 is 1.97 bits per heavy atom. The number of benzene rings is 1. The van der Waals surface area contributed by atoms with Gasteiger partial charge in [0.15, 0.2) is 5.96 Å². The van der Waals surface area contributed by atoms with Crippen molar-refractivity contribution in [3.8, 4) is 5.69 Å². The first-order valence-electron chi connectivity index (χ1n) is 10.2. The zero-order valence-electron chi connectivity index (χ0n) is 18.1. The highest BCUT2D eigenvalue weighted by molar-refractivity contribution is 14.0. The molecule has 0 spiro atoms. The first-order valence-corrected chi connectivity index (χ1v) is 10.2.